The summed E-state index contributed by atoms with van der Waals surface area (Å²) in [4.78, 5) is 10.2. The van der Waals surface area contributed by atoms with Gasteiger partial charge in [-0.25, -0.2) is 9.97 Å². The van der Waals surface area contributed by atoms with Gasteiger partial charge in [0.25, 0.3) is 0 Å². The molecule has 21 heavy (non-hydrogen) atoms. The molecule has 3 rings (SSSR count). The largest absolute Gasteiger partial charge is 0.497 e. The maximum Gasteiger partial charge on any atom is 0.128 e. The number of ether oxygens (including phenoxy) is 1. The Morgan fingerprint density at radius 1 is 1.43 bits per heavy atom. The van der Waals surface area contributed by atoms with Crippen molar-refractivity contribution in [2.45, 2.75) is 25.8 Å². The SMILES string of the molecule is COc1ccc2nc(C(C)Cl)n(Cc3scnc3C)c2c1. The standard InChI is InChI=1S/C15H16ClN3OS/c1-9(16)15-18-12-5-4-11(20-3)6-13(12)19(15)7-14-10(2)17-8-21-14/h4-6,8-9H,7H2,1-3H3. The second kappa shape index (κ2) is 5.66. The average molecular weight is 322 g/mol. The van der Waals surface area contributed by atoms with E-state index in [1.54, 1.807) is 18.4 Å². The van der Waals surface area contributed by atoms with Crippen LogP contribution in [0.4, 0.5) is 0 Å². The van der Waals surface area contributed by atoms with E-state index in [9.17, 15) is 0 Å². The number of rotatable bonds is 4. The Kier molecular flexibility index (Phi) is 3.87. The molecule has 0 saturated carbocycles. The number of alkyl halides is 1. The summed E-state index contributed by atoms with van der Waals surface area (Å²) in [6.07, 6.45) is 0. The summed E-state index contributed by atoms with van der Waals surface area (Å²) in [7, 11) is 1.67. The summed E-state index contributed by atoms with van der Waals surface area (Å²) in [5.41, 5.74) is 4.89. The molecule has 6 heteroatoms. The van der Waals surface area contributed by atoms with E-state index < -0.39 is 0 Å². The molecule has 0 bridgehead atoms. The monoisotopic (exact) mass is 321 g/mol. The number of aromatic nitrogens is 3. The summed E-state index contributed by atoms with van der Waals surface area (Å²) < 4.78 is 7.47. The van der Waals surface area contributed by atoms with Gasteiger partial charge in [-0.15, -0.1) is 22.9 Å². The first-order valence-electron chi connectivity index (χ1n) is 6.67. The van der Waals surface area contributed by atoms with E-state index in [0.29, 0.717) is 0 Å². The van der Waals surface area contributed by atoms with Crippen LogP contribution in [0.25, 0.3) is 11.0 Å². The lowest BCUT2D eigenvalue weighted by atomic mass is 10.3. The summed E-state index contributed by atoms with van der Waals surface area (Å²) in [5, 5.41) is -0.156. The van der Waals surface area contributed by atoms with Crippen LogP contribution < -0.4 is 4.74 Å². The number of aryl methyl sites for hydroxylation is 1. The van der Waals surface area contributed by atoms with Crippen LogP contribution in [0.5, 0.6) is 5.75 Å². The molecule has 0 N–H and O–H groups in total. The molecule has 0 fully saturated rings. The Bertz CT molecular complexity index is 778. The number of thiazole rings is 1. The molecular formula is C15H16ClN3OS. The Balaban J connectivity index is 2.17. The van der Waals surface area contributed by atoms with Crippen LogP contribution in [0.15, 0.2) is 23.7 Å². The molecule has 0 aliphatic rings. The van der Waals surface area contributed by atoms with Crippen LogP contribution in [0.3, 0.4) is 0 Å². The smallest absolute Gasteiger partial charge is 0.128 e. The second-order valence-corrected chi connectivity index (χ2v) is 6.48. The van der Waals surface area contributed by atoms with Crippen LogP contribution in [-0.2, 0) is 6.54 Å². The van der Waals surface area contributed by atoms with Crippen molar-refractivity contribution in [3.63, 3.8) is 0 Å². The third-order valence-corrected chi connectivity index (χ3v) is 4.60. The Hall–Kier alpha value is -1.59. The highest BCUT2D eigenvalue weighted by atomic mass is 35.5. The zero-order chi connectivity index (χ0) is 15.0. The number of methoxy groups -OCH3 is 1. The fourth-order valence-electron chi connectivity index (χ4n) is 2.34. The molecule has 2 aromatic heterocycles. The zero-order valence-corrected chi connectivity index (χ0v) is 13.7. The molecular weight excluding hydrogens is 306 g/mol. The van der Waals surface area contributed by atoms with E-state index in [2.05, 4.69) is 14.5 Å². The lowest BCUT2D eigenvalue weighted by Gasteiger charge is -2.10. The van der Waals surface area contributed by atoms with Gasteiger partial charge >= 0.3 is 0 Å². The minimum atomic E-state index is -0.156. The predicted octanol–water partition coefficient (Wildman–Crippen LogP) is 4.16. The number of halogens is 1. The lowest BCUT2D eigenvalue weighted by Crippen LogP contribution is -2.05. The van der Waals surface area contributed by atoms with Crippen molar-refractivity contribution >= 4 is 34.0 Å². The molecule has 0 saturated heterocycles. The van der Waals surface area contributed by atoms with Gasteiger partial charge in [0.1, 0.15) is 11.6 Å². The normalized spacial score (nSPS) is 12.8. The average Bonchev–Trinajstić information content (AvgIpc) is 3.03. The van der Waals surface area contributed by atoms with Gasteiger partial charge in [0, 0.05) is 10.9 Å². The molecule has 1 aromatic carbocycles. The number of hydrogen-bond acceptors (Lipinski definition) is 4. The molecule has 0 spiro atoms. The van der Waals surface area contributed by atoms with Crippen molar-refractivity contribution in [2.24, 2.45) is 0 Å². The Morgan fingerprint density at radius 2 is 2.24 bits per heavy atom. The van der Waals surface area contributed by atoms with Crippen LogP contribution in [0.1, 0.15) is 28.7 Å². The van der Waals surface area contributed by atoms with Gasteiger partial charge < -0.3 is 9.30 Å². The number of nitrogens with zero attached hydrogens (tertiary/aromatic N) is 3. The fourth-order valence-corrected chi connectivity index (χ4v) is 3.27. The maximum absolute atomic E-state index is 6.31. The molecule has 110 valence electrons. The van der Waals surface area contributed by atoms with Crippen molar-refractivity contribution in [1.29, 1.82) is 0 Å². The first-order valence-corrected chi connectivity index (χ1v) is 7.99. The third kappa shape index (κ3) is 2.63. The summed E-state index contributed by atoms with van der Waals surface area (Å²) in [6.45, 7) is 4.69. The van der Waals surface area contributed by atoms with Crippen molar-refractivity contribution in [1.82, 2.24) is 14.5 Å². The van der Waals surface area contributed by atoms with Crippen molar-refractivity contribution in [2.75, 3.05) is 7.11 Å². The number of imidazole rings is 1. The van der Waals surface area contributed by atoms with Crippen molar-refractivity contribution in [3.8, 4) is 5.75 Å². The Labute approximate surface area is 132 Å². The molecule has 0 aliphatic heterocycles. The van der Waals surface area contributed by atoms with Crippen molar-refractivity contribution < 1.29 is 4.74 Å². The topological polar surface area (TPSA) is 39.9 Å². The number of fused-ring (bicyclic) bond motifs is 1. The van der Waals surface area contributed by atoms with Crippen LogP contribution in [-0.4, -0.2) is 21.6 Å². The van der Waals surface area contributed by atoms with Gasteiger partial charge in [-0.3, -0.25) is 0 Å². The second-order valence-electron chi connectivity index (χ2n) is 4.89. The van der Waals surface area contributed by atoms with Gasteiger partial charge in [-0.05, 0) is 26.0 Å². The molecule has 4 nitrogen and oxygen atoms in total. The van der Waals surface area contributed by atoms with Crippen LogP contribution >= 0.6 is 22.9 Å². The van der Waals surface area contributed by atoms with Gasteiger partial charge in [0.05, 0.1) is 41.3 Å². The van der Waals surface area contributed by atoms with Crippen molar-refractivity contribution in [3.05, 3.63) is 40.1 Å². The predicted molar refractivity (Wildman–Crippen MR) is 86.5 cm³/mol. The summed E-state index contributed by atoms with van der Waals surface area (Å²) in [5.74, 6) is 1.69. The van der Waals surface area contributed by atoms with Gasteiger partial charge in [-0.1, -0.05) is 0 Å². The first kappa shape index (κ1) is 14.4. The first-order chi connectivity index (χ1) is 10.1. The van der Waals surface area contributed by atoms with Crippen LogP contribution in [0, 0.1) is 6.92 Å². The highest BCUT2D eigenvalue weighted by molar-refractivity contribution is 7.09. The zero-order valence-electron chi connectivity index (χ0n) is 12.1. The molecule has 2 heterocycles. The fraction of sp³-hybridized carbons (Fsp3) is 0.333. The molecule has 1 atom stereocenters. The summed E-state index contributed by atoms with van der Waals surface area (Å²) in [6, 6.07) is 5.88. The van der Waals surface area contributed by atoms with Crippen LogP contribution in [0.2, 0.25) is 0 Å². The van der Waals surface area contributed by atoms with E-state index in [1.165, 1.54) is 4.88 Å². The van der Waals surface area contributed by atoms with E-state index >= 15 is 0 Å². The highest BCUT2D eigenvalue weighted by Gasteiger charge is 2.17. The molecule has 0 aliphatic carbocycles. The van der Waals surface area contributed by atoms with E-state index in [4.69, 9.17) is 16.3 Å². The molecule has 3 aromatic rings. The highest BCUT2D eigenvalue weighted by Crippen LogP contribution is 2.29. The van der Waals surface area contributed by atoms with Gasteiger partial charge in [0.2, 0.25) is 0 Å². The minimum Gasteiger partial charge on any atom is -0.497 e. The van der Waals surface area contributed by atoms with E-state index in [0.717, 1.165) is 34.8 Å². The van der Waals surface area contributed by atoms with E-state index in [-0.39, 0.29) is 5.38 Å². The van der Waals surface area contributed by atoms with Gasteiger partial charge in [0.15, 0.2) is 0 Å². The maximum atomic E-state index is 6.31. The Morgan fingerprint density at radius 3 is 2.86 bits per heavy atom. The summed E-state index contributed by atoms with van der Waals surface area (Å²) >= 11 is 7.96. The quantitative estimate of drug-likeness (QED) is 0.677. The van der Waals surface area contributed by atoms with E-state index in [1.807, 2.05) is 37.6 Å². The molecule has 1 unspecified atom stereocenters. The number of hydrogen-bond donors (Lipinski definition) is 0. The third-order valence-electron chi connectivity index (χ3n) is 3.49. The minimum absolute atomic E-state index is 0.156. The number of benzene rings is 1. The molecule has 0 amide bonds. The lowest BCUT2D eigenvalue weighted by molar-refractivity contribution is 0.415. The van der Waals surface area contributed by atoms with Gasteiger partial charge in [-0.2, -0.15) is 0 Å². The molecule has 0 radical (unpaired) electrons.